The Labute approximate surface area is 241 Å². The van der Waals surface area contributed by atoms with Gasteiger partial charge in [-0.25, -0.2) is 8.42 Å². The van der Waals surface area contributed by atoms with Crippen molar-refractivity contribution in [2.24, 2.45) is 0 Å². The molecular weight excluding hydrogens is 613 g/mol. The number of nitrogens with one attached hydrogen (secondary N) is 1. The van der Waals surface area contributed by atoms with Crippen molar-refractivity contribution < 1.29 is 18.0 Å². The summed E-state index contributed by atoms with van der Waals surface area (Å²) in [5.74, 6) is -0.925. The minimum atomic E-state index is -4.12. The Morgan fingerprint density at radius 2 is 1.61 bits per heavy atom. The first kappa shape index (κ1) is 30.0. The van der Waals surface area contributed by atoms with Gasteiger partial charge in [-0.1, -0.05) is 62.9 Å². The van der Waals surface area contributed by atoms with Gasteiger partial charge in [0, 0.05) is 17.6 Å². The van der Waals surface area contributed by atoms with Gasteiger partial charge >= 0.3 is 0 Å². The monoisotopic (exact) mass is 639 g/mol. The first-order valence-electron chi connectivity index (χ1n) is 11.8. The van der Waals surface area contributed by atoms with Crippen LogP contribution >= 0.6 is 39.1 Å². The van der Waals surface area contributed by atoms with Crippen LogP contribution in [0.2, 0.25) is 10.0 Å². The van der Waals surface area contributed by atoms with Crippen LogP contribution in [0.1, 0.15) is 25.0 Å². The Hall–Kier alpha value is -2.59. The van der Waals surface area contributed by atoms with E-state index in [2.05, 4.69) is 21.2 Å². The molecule has 1 N–H and O–H groups in total. The van der Waals surface area contributed by atoms with Crippen molar-refractivity contribution in [3.8, 4) is 0 Å². The summed E-state index contributed by atoms with van der Waals surface area (Å²) in [4.78, 5) is 27.9. The van der Waals surface area contributed by atoms with Gasteiger partial charge in [0.1, 0.15) is 12.6 Å². The minimum Gasteiger partial charge on any atom is -0.355 e. The fraction of sp³-hybridized carbons (Fsp3) is 0.259. The van der Waals surface area contributed by atoms with Gasteiger partial charge in [-0.2, -0.15) is 0 Å². The van der Waals surface area contributed by atoms with Crippen molar-refractivity contribution >= 4 is 66.7 Å². The van der Waals surface area contributed by atoms with E-state index in [0.717, 1.165) is 14.3 Å². The number of nitrogens with zero attached hydrogens (tertiary/aromatic N) is 2. The van der Waals surface area contributed by atoms with Gasteiger partial charge in [0.15, 0.2) is 0 Å². The van der Waals surface area contributed by atoms with E-state index >= 15 is 0 Å². The van der Waals surface area contributed by atoms with Gasteiger partial charge in [-0.15, -0.1) is 0 Å². The number of carbonyl (C=O) groups is 2. The lowest BCUT2D eigenvalue weighted by molar-refractivity contribution is -0.139. The van der Waals surface area contributed by atoms with Crippen LogP contribution in [-0.4, -0.2) is 44.3 Å². The predicted molar refractivity (Wildman–Crippen MR) is 155 cm³/mol. The highest BCUT2D eigenvalue weighted by Gasteiger charge is 2.32. The van der Waals surface area contributed by atoms with E-state index in [1.54, 1.807) is 68.4 Å². The van der Waals surface area contributed by atoms with Crippen molar-refractivity contribution in [3.05, 3.63) is 92.4 Å². The SMILES string of the molecule is CCNC(=O)[C@@H](C)N(Cc1ccc(Cl)c(Cl)c1)C(=O)CN(c1ccc(Br)cc1)S(=O)(=O)c1ccc(C)cc1. The number of likely N-dealkylation sites (N-methyl/N-ethyl adjacent to an activating group) is 1. The highest BCUT2D eigenvalue weighted by Crippen LogP contribution is 2.27. The van der Waals surface area contributed by atoms with E-state index in [9.17, 15) is 18.0 Å². The van der Waals surface area contributed by atoms with Crippen LogP contribution in [0, 0.1) is 6.92 Å². The molecule has 0 radical (unpaired) electrons. The molecule has 0 aliphatic carbocycles. The molecule has 2 amide bonds. The molecule has 38 heavy (non-hydrogen) atoms. The molecule has 0 heterocycles. The third kappa shape index (κ3) is 7.28. The van der Waals surface area contributed by atoms with Crippen LogP contribution in [-0.2, 0) is 26.2 Å². The molecule has 3 aromatic rings. The summed E-state index contributed by atoms with van der Waals surface area (Å²) in [5.41, 5.74) is 1.85. The number of halogens is 3. The molecule has 0 bridgehead atoms. The lowest BCUT2D eigenvalue weighted by Crippen LogP contribution is -2.51. The quantitative estimate of drug-likeness (QED) is 0.303. The predicted octanol–water partition coefficient (Wildman–Crippen LogP) is 5.81. The molecule has 11 heteroatoms. The molecule has 0 saturated carbocycles. The number of benzene rings is 3. The zero-order valence-corrected chi connectivity index (χ0v) is 25.0. The largest absolute Gasteiger partial charge is 0.355 e. The molecule has 0 unspecified atom stereocenters. The Bertz CT molecular complexity index is 1400. The Kier molecular flexibility index (Phi) is 10.2. The highest BCUT2D eigenvalue weighted by molar-refractivity contribution is 9.10. The molecule has 3 aromatic carbocycles. The fourth-order valence-corrected chi connectivity index (χ4v) is 5.71. The van der Waals surface area contributed by atoms with E-state index in [4.69, 9.17) is 23.2 Å². The fourth-order valence-electron chi connectivity index (χ4n) is 3.71. The molecule has 0 aliphatic rings. The zero-order chi connectivity index (χ0) is 28.0. The number of sulfonamides is 1. The standard InChI is InChI=1S/C27H28BrCl2N3O4S/c1-4-31-27(35)19(3)32(16-20-7-14-24(29)25(30)15-20)26(34)17-33(22-10-8-21(28)9-11-22)38(36,37)23-12-5-18(2)6-13-23/h5-15,19H,4,16-17H2,1-3H3,(H,31,35)/t19-/m1/s1. The van der Waals surface area contributed by atoms with Crippen molar-refractivity contribution in [2.75, 3.05) is 17.4 Å². The molecule has 1 atom stereocenters. The number of amides is 2. The molecule has 0 aromatic heterocycles. The molecule has 7 nitrogen and oxygen atoms in total. The van der Waals surface area contributed by atoms with Gasteiger partial charge in [0.25, 0.3) is 10.0 Å². The maximum Gasteiger partial charge on any atom is 0.264 e. The van der Waals surface area contributed by atoms with Crippen LogP contribution in [0.3, 0.4) is 0 Å². The third-order valence-electron chi connectivity index (χ3n) is 5.86. The van der Waals surface area contributed by atoms with Crippen LogP contribution in [0.4, 0.5) is 5.69 Å². The normalized spacial score (nSPS) is 12.1. The van der Waals surface area contributed by atoms with Gasteiger partial charge in [0.2, 0.25) is 11.8 Å². The van der Waals surface area contributed by atoms with Crippen LogP contribution < -0.4 is 9.62 Å². The van der Waals surface area contributed by atoms with E-state index < -0.39 is 28.5 Å². The topological polar surface area (TPSA) is 86.8 Å². The average molecular weight is 641 g/mol. The number of carbonyl (C=O) groups excluding carboxylic acids is 2. The lowest BCUT2D eigenvalue weighted by atomic mass is 10.1. The summed E-state index contributed by atoms with van der Waals surface area (Å²) in [7, 11) is -4.12. The van der Waals surface area contributed by atoms with Crippen molar-refractivity contribution in [3.63, 3.8) is 0 Å². The molecular formula is C27H28BrCl2N3O4S. The number of hydrogen-bond acceptors (Lipinski definition) is 4. The van der Waals surface area contributed by atoms with E-state index in [1.165, 1.54) is 17.0 Å². The average Bonchev–Trinajstić information content (AvgIpc) is 2.88. The first-order chi connectivity index (χ1) is 17.9. The lowest BCUT2D eigenvalue weighted by Gasteiger charge is -2.32. The number of aryl methyl sites for hydroxylation is 1. The smallest absolute Gasteiger partial charge is 0.264 e. The van der Waals surface area contributed by atoms with Crippen LogP contribution in [0.5, 0.6) is 0 Å². The van der Waals surface area contributed by atoms with E-state index in [-0.39, 0.29) is 17.3 Å². The maximum absolute atomic E-state index is 13.8. The second-order valence-corrected chi connectivity index (χ2v) is 12.2. The highest BCUT2D eigenvalue weighted by atomic mass is 79.9. The van der Waals surface area contributed by atoms with E-state index in [1.807, 2.05) is 6.92 Å². The number of hydrogen-bond donors (Lipinski definition) is 1. The third-order valence-corrected chi connectivity index (χ3v) is 8.91. The molecule has 3 rings (SSSR count). The van der Waals surface area contributed by atoms with Crippen molar-refractivity contribution in [2.45, 2.75) is 38.3 Å². The molecule has 0 saturated heterocycles. The van der Waals surface area contributed by atoms with Crippen molar-refractivity contribution in [1.29, 1.82) is 0 Å². The van der Waals surface area contributed by atoms with Crippen molar-refractivity contribution in [1.82, 2.24) is 10.2 Å². The number of anilines is 1. The molecule has 202 valence electrons. The summed E-state index contributed by atoms with van der Waals surface area (Å²) in [6.45, 7) is 5.11. The molecule has 0 spiro atoms. The van der Waals surface area contributed by atoms with Crippen LogP contribution in [0.15, 0.2) is 76.1 Å². The zero-order valence-electron chi connectivity index (χ0n) is 21.1. The Morgan fingerprint density at radius 1 is 0.974 bits per heavy atom. The maximum atomic E-state index is 13.8. The van der Waals surface area contributed by atoms with E-state index in [0.29, 0.717) is 27.8 Å². The second kappa shape index (κ2) is 13.0. The summed E-state index contributed by atoms with van der Waals surface area (Å²) in [5, 5.41) is 3.39. The number of rotatable bonds is 10. The summed E-state index contributed by atoms with van der Waals surface area (Å²) < 4.78 is 29.3. The van der Waals surface area contributed by atoms with Gasteiger partial charge in [-0.05, 0) is 74.9 Å². The minimum absolute atomic E-state index is 0.0206. The molecule has 0 fully saturated rings. The van der Waals surface area contributed by atoms with Gasteiger partial charge < -0.3 is 10.2 Å². The van der Waals surface area contributed by atoms with Gasteiger partial charge in [-0.3, -0.25) is 13.9 Å². The van der Waals surface area contributed by atoms with Gasteiger partial charge in [0.05, 0.1) is 20.6 Å². The summed E-state index contributed by atoms with van der Waals surface area (Å²) in [6, 6.07) is 17.1. The van der Waals surface area contributed by atoms with Crippen LogP contribution in [0.25, 0.3) is 0 Å². The molecule has 0 aliphatic heterocycles. The second-order valence-electron chi connectivity index (χ2n) is 8.64. The summed E-state index contributed by atoms with van der Waals surface area (Å²) >= 11 is 15.6. The summed E-state index contributed by atoms with van der Waals surface area (Å²) in [6.07, 6.45) is 0. The Morgan fingerprint density at radius 3 is 2.18 bits per heavy atom. The Balaban J connectivity index is 2.03. The first-order valence-corrected chi connectivity index (χ1v) is 14.8.